The van der Waals surface area contributed by atoms with Crippen LogP contribution in [0.15, 0.2) is 24.5 Å². The van der Waals surface area contributed by atoms with E-state index in [0.29, 0.717) is 11.1 Å². The number of pyridine rings is 1. The first-order chi connectivity index (χ1) is 9.99. The molecule has 1 rings (SSSR count). The van der Waals surface area contributed by atoms with Gasteiger partial charge in [0.15, 0.2) is 0 Å². The van der Waals surface area contributed by atoms with E-state index in [1.54, 1.807) is 29.8 Å². The third-order valence-corrected chi connectivity index (χ3v) is 3.84. The Kier molecular flexibility index (Phi) is 6.94. The lowest BCUT2D eigenvalue weighted by molar-refractivity contribution is -0.131. The normalized spacial score (nSPS) is 12.3. The Labute approximate surface area is 129 Å². The van der Waals surface area contributed by atoms with E-state index in [1.807, 2.05) is 6.26 Å². The fourth-order valence-electron chi connectivity index (χ4n) is 1.90. The molecule has 0 fully saturated rings. The molecule has 1 amide bonds. The summed E-state index contributed by atoms with van der Waals surface area (Å²) in [6, 6.07) is 1.82. The van der Waals surface area contributed by atoms with E-state index in [1.165, 1.54) is 18.5 Å². The molecule has 0 aliphatic carbocycles. The monoisotopic (exact) mass is 308 g/mol. The smallest absolute Gasteiger partial charge is 0.328 e. The van der Waals surface area contributed by atoms with Crippen LogP contribution in [0.25, 0.3) is 6.08 Å². The lowest BCUT2D eigenvalue weighted by Crippen LogP contribution is -2.38. The minimum Gasteiger partial charge on any atom is -0.478 e. The van der Waals surface area contributed by atoms with E-state index in [0.717, 1.165) is 18.2 Å². The largest absolute Gasteiger partial charge is 0.478 e. The molecule has 1 aromatic heterocycles. The summed E-state index contributed by atoms with van der Waals surface area (Å²) in [6.07, 6.45) is 8.37. The predicted octanol–water partition coefficient (Wildman–Crippen LogP) is 2.39. The number of aromatic nitrogens is 1. The van der Waals surface area contributed by atoms with Crippen molar-refractivity contribution in [3.05, 3.63) is 35.7 Å². The summed E-state index contributed by atoms with van der Waals surface area (Å²) in [7, 11) is 1.78. The third kappa shape index (κ3) is 5.23. The van der Waals surface area contributed by atoms with Crippen molar-refractivity contribution in [1.82, 2.24) is 9.88 Å². The Morgan fingerprint density at radius 1 is 1.48 bits per heavy atom. The van der Waals surface area contributed by atoms with Gasteiger partial charge in [0.1, 0.15) is 0 Å². The molecule has 0 bridgehead atoms. The highest BCUT2D eigenvalue weighted by molar-refractivity contribution is 7.98. The molecule has 0 saturated heterocycles. The molecule has 0 aliphatic heterocycles. The second-order valence-electron chi connectivity index (χ2n) is 4.61. The number of aliphatic carboxylic acids is 1. The molecule has 5 nitrogen and oxygen atoms in total. The van der Waals surface area contributed by atoms with Gasteiger partial charge in [-0.3, -0.25) is 9.78 Å². The Morgan fingerprint density at radius 2 is 2.19 bits per heavy atom. The summed E-state index contributed by atoms with van der Waals surface area (Å²) in [6.45, 7) is 2.05. The Hall–Kier alpha value is -1.82. The molecule has 0 saturated carbocycles. The van der Waals surface area contributed by atoms with Gasteiger partial charge in [-0.25, -0.2) is 4.79 Å². The summed E-state index contributed by atoms with van der Waals surface area (Å²) in [5, 5.41) is 8.62. The topological polar surface area (TPSA) is 70.5 Å². The van der Waals surface area contributed by atoms with E-state index in [2.05, 4.69) is 11.9 Å². The van der Waals surface area contributed by atoms with Crippen LogP contribution in [0.2, 0.25) is 0 Å². The Bertz CT molecular complexity index is 531. The van der Waals surface area contributed by atoms with Gasteiger partial charge < -0.3 is 10.0 Å². The Morgan fingerprint density at radius 3 is 2.76 bits per heavy atom. The summed E-state index contributed by atoms with van der Waals surface area (Å²) < 4.78 is 0. The number of thioether (sulfide) groups is 1. The molecule has 0 radical (unpaired) electrons. The number of carboxylic acids is 1. The first-order valence-electron chi connectivity index (χ1n) is 6.61. The minimum atomic E-state index is -1.03. The van der Waals surface area contributed by atoms with Crippen molar-refractivity contribution in [3.63, 3.8) is 0 Å². The molecule has 1 N–H and O–H groups in total. The van der Waals surface area contributed by atoms with Crippen LogP contribution in [0.3, 0.4) is 0 Å². The lowest BCUT2D eigenvalue weighted by Gasteiger charge is -2.26. The highest BCUT2D eigenvalue weighted by atomic mass is 32.2. The quantitative estimate of drug-likeness (QED) is 0.783. The zero-order valence-electron chi connectivity index (χ0n) is 12.4. The standard InChI is InChI=1S/C15H20N2O3S/c1-4-13(10-21-3)17(2)15(20)12-7-11(8-16-9-12)5-6-14(18)19/h5-9,13H,4,10H2,1-3H3,(H,18,19)/b6-5+. The average molecular weight is 308 g/mol. The lowest BCUT2D eigenvalue weighted by atomic mass is 10.1. The van der Waals surface area contributed by atoms with Gasteiger partial charge in [0.25, 0.3) is 5.91 Å². The van der Waals surface area contributed by atoms with E-state index in [4.69, 9.17) is 5.11 Å². The maximum Gasteiger partial charge on any atom is 0.328 e. The SMILES string of the molecule is CCC(CSC)N(C)C(=O)c1cncc(/C=C/C(=O)O)c1. The number of carboxylic acid groups (broad SMARTS) is 1. The predicted molar refractivity (Wildman–Crippen MR) is 85.5 cm³/mol. The number of rotatable bonds is 7. The van der Waals surface area contributed by atoms with E-state index < -0.39 is 5.97 Å². The van der Waals surface area contributed by atoms with Gasteiger partial charge in [0.05, 0.1) is 5.56 Å². The summed E-state index contributed by atoms with van der Waals surface area (Å²) in [5.41, 5.74) is 1.05. The van der Waals surface area contributed by atoms with Crippen LogP contribution in [0.4, 0.5) is 0 Å². The summed E-state index contributed by atoms with van der Waals surface area (Å²) >= 11 is 1.70. The van der Waals surface area contributed by atoms with Crippen LogP contribution in [-0.4, -0.2) is 52.0 Å². The van der Waals surface area contributed by atoms with Gasteiger partial charge in [0, 0.05) is 37.3 Å². The van der Waals surface area contributed by atoms with Crippen LogP contribution < -0.4 is 0 Å². The molecule has 0 aromatic carbocycles. The van der Waals surface area contributed by atoms with Crippen LogP contribution in [-0.2, 0) is 4.79 Å². The van der Waals surface area contributed by atoms with Gasteiger partial charge in [-0.1, -0.05) is 6.92 Å². The van der Waals surface area contributed by atoms with E-state index in [9.17, 15) is 9.59 Å². The second kappa shape index (κ2) is 8.46. The molecular weight excluding hydrogens is 288 g/mol. The number of nitrogens with zero attached hydrogens (tertiary/aromatic N) is 2. The average Bonchev–Trinajstić information content (AvgIpc) is 2.49. The van der Waals surface area contributed by atoms with Crippen molar-refractivity contribution >= 4 is 29.7 Å². The van der Waals surface area contributed by atoms with Crippen LogP contribution in [0.1, 0.15) is 29.3 Å². The fourth-order valence-corrected chi connectivity index (χ4v) is 2.74. The van der Waals surface area contributed by atoms with Gasteiger partial charge >= 0.3 is 5.97 Å². The first-order valence-corrected chi connectivity index (χ1v) is 8.01. The molecular formula is C15H20N2O3S. The maximum atomic E-state index is 12.4. The van der Waals surface area contributed by atoms with Crippen molar-refractivity contribution in [2.24, 2.45) is 0 Å². The van der Waals surface area contributed by atoms with Gasteiger partial charge in [-0.05, 0) is 30.4 Å². The van der Waals surface area contributed by atoms with E-state index >= 15 is 0 Å². The molecule has 1 atom stereocenters. The molecule has 114 valence electrons. The molecule has 1 heterocycles. The number of amides is 1. The van der Waals surface area contributed by atoms with Gasteiger partial charge in [-0.15, -0.1) is 0 Å². The molecule has 1 aromatic rings. The molecule has 6 heteroatoms. The summed E-state index contributed by atoms with van der Waals surface area (Å²) in [5.74, 6) is -0.256. The minimum absolute atomic E-state index is 0.103. The highest BCUT2D eigenvalue weighted by Crippen LogP contribution is 2.13. The van der Waals surface area contributed by atoms with E-state index in [-0.39, 0.29) is 11.9 Å². The summed E-state index contributed by atoms with van der Waals surface area (Å²) in [4.78, 5) is 28.7. The first kappa shape index (κ1) is 17.2. The molecule has 21 heavy (non-hydrogen) atoms. The van der Waals surface area contributed by atoms with Crippen LogP contribution >= 0.6 is 11.8 Å². The van der Waals surface area contributed by atoms with Crippen molar-refractivity contribution < 1.29 is 14.7 Å². The van der Waals surface area contributed by atoms with Gasteiger partial charge in [0.2, 0.25) is 0 Å². The molecule has 0 spiro atoms. The van der Waals surface area contributed by atoms with Crippen molar-refractivity contribution in [2.75, 3.05) is 19.1 Å². The highest BCUT2D eigenvalue weighted by Gasteiger charge is 2.19. The number of carbonyl (C=O) groups is 2. The van der Waals surface area contributed by atoms with Crippen molar-refractivity contribution in [3.8, 4) is 0 Å². The number of carbonyl (C=O) groups excluding carboxylic acids is 1. The number of hydrogen-bond donors (Lipinski definition) is 1. The third-order valence-electron chi connectivity index (χ3n) is 3.12. The van der Waals surface area contributed by atoms with Gasteiger partial charge in [-0.2, -0.15) is 11.8 Å². The molecule has 1 unspecified atom stereocenters. The van der Waals surface area contributed by atoms with Crippen LogP contribution in [0, 0.1) is 0 Å². The van der Waals surface area contributed by atoms with Crippen LogP contribution in [0.5, 0.6) is 0 Å². The van der Waals surface area contributed by atoms with Crippen molar-refractivity contribution in [1.29, 1.82) is 0 Å². The Balaban J connectivity index is 2.91. The zero-order valence-corrected chi connectivity index (χ0v) is 13.3. The number of hydrogen-bond acceptors (Lipinski definition) is 4. The van der Waals surface area contributed by atoms with Crippen molar-refractivity contribution in [2.45, 2.75) is 19.4 Å². The second-order valence-corrected chi connectivity index (χ2v) is 5.52. The fraction of sp³-hybridized carbons (Fsp3) is 0.400. The molecule has 0 aliphatic rings. The maximum absolute atomic E-state index is 12.4. The zero-order chi connectivity index (χ0) is 15.8.